The Labute approximate surface area is 117 Å². The Bertz CT molecular complexity index is 540. The predicted molar refractivity (Wildman–Crippen MR) is 80.1 cm³/mol. The Morgan fingerprint density at radius 1 is 1.17 bits per heavy atom. The molecule has 0 saturated carbocycles. The third-order valence-electron chi connectivity index (χ3n) is 2.88. The minimum Gasteiger partial charge on any atom is -0.326 e. The highest BCUT2D eigenvalue weighted by molar-refractivity contribution is 7.98. The first-order valence-electron chi connectivity index (χ1n) is 5.86. The molecule has 2 aromatic carbocycles. The second kappa shape index (κ2) is 6.28. The van der Waals surface area contributed by atoms with Crippen LogP contribution in [0, 0.1) is 6.92 Å². The molecule has 3 heteroatoms. The van der Waals surface area contributed by atoms with Crippen LogP contribution in [0.25, 0.3) is 0 Å². The number of hydrogen-bond donors (Lipinski definition) is 1. The van der Waals surface area contributed by atoms with Gasteiger partial charge >= 0.3 is 0 Å². The van der Waals surface area contributed by atoms with Gasteiger partial charge in [-0.2, -0.15) is 0 Å². The maximum absolute atomic E-state index is 6.24. The van der Waals surface area contributed by atoms with Crippen molar-refractivity contribution >= 4 is 23.4 Å². The van der Waals surface area contributed by atoms with E-state index in [1.54, 1.807) is 11.8 Å². The molecule has 1 nitrogen and oxygen atoms in total. The van der Waals surface area contributed by atoms with Crippen LogP contribution in [-0.4, -0.2) is 0 Å². The van der Waals surface area contributed by atoms with Crippen molar-refractivity contribution < 1.29 is 0 Å². The Hall–Kier alpha value is -0.960. The summed E-state index contributed by atoms with van der Waals surface area (Å²) in [7, 11) is 0. The first-order chi connectivity index (χ1) is 8.70. The van der Waals surface area contributed by atoms with Crippen LogP contribution in [0.4, 0.5) is 0 Å². The zero-order valence-electron chi connectivity index (χ0n) is 10.3. The molecule has 94 valence electrons. The molecule has 2 rings (SSSR count). The van der Waals surface area contributed by atoms with E-state index in [0.29, 0.717) is 6.54 Å². The fourth-order valence-electron chi connectivity index (χ4n) is 1.72. The van der Waals surface area contributed by atoms with Crippen LogP contribution in [0.5, 0.6) is 0 Å². The van der Waals surface area contributed by atoms with Gasteiger partial charge in [-0.05, 0) is 35.7 Å². The van der Waals surface area contributed by atoms with Crippen LogP contribution in [0.2, 0.25) is 5.02 Å². The van der Waals surface area contributed by atoms with Crippen LogP contribution >= 0.6 is 23.4 Å². The molecule has 0 atom stereocenters. The van der Waals surface area contributed by atoms with E-state index < -0.39 is 0 Å². The zero-order chi connectivity index (χ0) is 13.0. The summed E-state index contributed by atoms with van der Waals surface area (Å²) in [6.07, 6.45) is 0. The van der Waals surface area contributed by atoms with Gasteiger partial charge < -0.3 is 5.73 Å². The van der Waals surface area contributed by atoms with E-state index in [1.165, 1.54) is 11.1 Å². The van der Waals surface area contributed by atoms with Crippen LogP contribution in [-0.2, 0) is 12.3 Å². The topological polar surface area (TPSA) is 26.0 Å². The van der Waals surface area contributed by atoms with E-state index in [2.05, 4.69) is 31.2 Å². The number of aryl methyl sites for hydroxylation is 1. The second-order valence-electron chi connectivity index (χ2n) is 4.18. The molecule has 0 spiro atoms. The minimum absolute atomic E-state index is 0.530. The molecule has 0 bridgehead atoms. The summed E-state index contributed by atoms with van der Waals surface area (Å²) in [5, 5.41) is 0.788. The molecule has 2 aromatic rings. The van der Waals surface area contributed by atoms with Gasteiger partial charge in [-0.15, -0.1) is 11.8 Å². The first-order valence-corrected chi connectivity index (χ1v) is 7.23. The van der Waals surface area contributed by atoms with Gasteiger partial charge in [0, 0.05) is 17.2 Å². The Kier molecular flexibility index (Phi) is 4.70. The fourth-order valence-corrected chi connectivity index (χ4v) is 3.08. The molecule has 0 saturated heterocycles. The second-order valence-corrected chi connectivity index (χ2v) is 5.61. The maximum atomic E-state index is 6.24. The van der Waals surface area contributed by atoms with Crippen molar-refractivity contribution in [1.82, 2.24) is 0 Å². The molecular weight excluding hydrogens is 262 g/mol. The van der Waals surface area contributed by atoms with Crippen molar-refractivity contribution in [3.63, 3.8) is 0 Å². The Balaban J connectivity index is 2.09. The lowest BCUT2D eigenvalue weighted by atomic mass is 10.1. The molecule has 0 unspecified atom stereocenters. The smallest absolute Gasteiger partial charge is 0.0545 e. The van der Waals surface area contributed by atoms with Crippen molar-refractivity contribution in [1.29, 1.82) is 0 Å². The van der Waals surface area contributed by atoms with E-state index >= 15 is 0 Å². The molecule has 18 heavy (non-hydrogen) atoms. The molecule has 0 aliphatic carbocycles. The highest BCUT2D eigenvalue weighted by Gasteiger charge is 2.04. The summed E-state index contributed by atoms with van der Waals surface area (Å²) >= 11 is 8.00. The molecule has 0 radical (unpaired) electrons. The molecule has 2 N–H and O–H groups in total. The first kappa shape index (κ1) is 13.5. The monoisotopic (exact) mass is 277 g/mol. The van der Waals surface area contributed by atoms with Crippen molar-refractivity contribution in [3.05, 3.63) is 64.2 Å². The molecule has 0 fully saturated rings. The van der Waals surface area contributed by atoms with Gasteiger partial charge in [0.05, 0.1) is 5.02 Å². The zero-order valence-corrected chi connectivity index (χ0v) is 11.9. The van der Waals surface area contributed by atoms with Crippen molar-refractivity contribution in [2.45, 2.75) is 24.1 Å². The summed E-state index contributed by atoms with van der Waals surface area (Å²) in [6.45, 7) is 2.66. The summed E-state index contributed by atoms with van der Waals surface area (Å²) in [4.78, 5) is 1.11. The summed E-state index contributed by atoms with van der Waals surface area (Å²) in [5.74, 6) is 0.939. The lowest BCUT2D eigenvalue weighted by Gasteiger charge is -2.08. The quantitative estimate of drug-likeness (QED) is 0.839. The minimum atomic E-state index is 0.530. The van der Waals surface area contributed by atoms with Gasteiger partial charge in [-0.3, -0.25) is 0 Å². The van der Waals surface area contributed by atoms with E-state index in [9.17, 15) is 0 Å². The van der Waals surface area contributed by atoms with Crippen molar-refractivity contribution in [2.75, 3.05) is 0 Å². The van der Waals surface area contributed by atoms with Crippen LogP contribution in [0.15, 0.2) is 47.4 Å². The summed E-state index contributed by atoms with van der Waals surface area (Å²) < 4.78 is 0. The molecule has 0 aliphatic heterocycles. The van der Waals surface area contributed by atoms with Gasteiger partial charge in [-0.1, -0.05) is 41.9 Å². The predicted octanol–water partition coefficient (Wildman–Crippen LogP) is 4.40. The van der Waals surface area contributed by atoms with E-state index in [1.807, 2.05) is 18.2 Å². The Morgan fingerprint density at radius 3 is 2.61 bits per heavy atom. The average Bonchev–Trinajstić information content (AvgIpc) is 2.39. The van der Waals surface area contributed by atoms with Crippen LogP contribution < -0.4 is 5.73 Å². The molecule has 0 heterocycles. The lowest BCUT2D eigenvalue weighted by Crippen LogP contribution is -1.95. The number of rotatable bonds is 4. The van der Waals surface area contributed by atoms with Crippen molar-refractivity contribution in [3.8, 4) is 0 Å². The number of hydrogen-bond acceptors (Lipinski definition) is 2. The number of nitrogens with two attached hydrogens (primary N) is 1. The van der Waals surface area contributed by atoms with Crippen LogP contribution in [0.3, 0.4) is 0 Å². The van der Waals surface area contributed by atoms with E-state index in [-0.39, 0.29) is 0 Å². The number of benzene rings is 2. The molecule has 0 amide bonds. The van der Waals surface area contributed by atoms with E-state index in [4.69, 9.17) is 17.3 Å². The molecule has 0 aromatic heterocycles. The normalized spacial score (nSPS) is 10.6. The Morgan fingerprint density at radius 2 is 1.94 bits per heavy atom. The van der Waals surface area contributed by atoms with Crippen molar-refractivity contribution in [2.24, 2.45) is 5.73 Å². The molecule has 0 aliphatic rings. The lowest BCUT2D eigenvalue weighted by molar-refractivity contribution is 1.07. The van der Waals surface area contributed by atoms with Gasteiger partial charge in [-0.25, -0.2) is 0 Å². The number of halogens is 1. The van der Waals surface area contributed by atoms with Gasteiger partial charge in [0.15, 0.2) is 0 Å². The van der Waals surface area contributed by atoms with E-state index in [0.717, 1.165) is 21.2 Å². The largest absolute Gasteiger partial charge is 0.326 e. The molecular formula is C15H16ClNS. The highest BCUT2D eigenvalue weighted by atomic mass is 35.5. The SMILES string of the molecule is Cc1ccccc1CSc1ccc(CN)cc1Cl. The fraction of sp³-hybridized carbons (Fsp3) is 0.200. The third-order valence-corrected chi connectivity index (χ3v) is 4.42. The standard InChI is InChI=1S/C15H16ClNS/c1-11-4-2-3-5-13(11)10-18-15-7-6-12(9-17)8-14(15)16/h2-8H,9-10,17H2,1H3. The van der Waals surface area contributed by atoms with Gasteiger partial charge in [0.1, 0.15) is 0 Å². The average molecular weight is 278 g/mol. The highest BCUT2D eigenvalue weighted by Crippen LogP contribution is 2.31. The van der Waals surface area contributed by atoms with Crippen LogP contribution in [0.1, 0.15) is 16.7 Å². The summed E-state index contributed by atoms with van der Waals surface area (Å²) in [6, 6.07) is 14.5. The maximum Gasteiger partial charge on any atom is 0.0545 e. The van der Waals surface area contributed by atoms with Gasteiger partial charge in [0.2, 0.25) is 0 Å². The summed E-state index contributed by atoms with van der Waals surface area (Å²) in [5.41, 5.74) is 9.33. The number of thioether (sulfide) groups is 1. The third kappa shape index (κ3) is 3.29. The van der Waals surface area contributed by atoms with Gasteiger partial charge in [0.25, 0.3) is 0 Å².